The van der Waals surface area contributed by atoms with Crippen molar-refractivity contribution < 1.29 is 23.8 Å². The average Bonchev–Trinajstić information content (AvgIpc) is 2.71. The maximum Gasteiger partial charge on any atom is 0.312 e. The van der Waals surface area contributed by atoms with Gasteiger partial charge in [0.15, 0.2) is 6.61 Å². The summed E-state index contributed by atoms with van der Waals surface area (Å²) in [5.41, 5.74) is 1.21. The number of methoxy groups -OCH3 is 1. The van der Waals surface area contributed by atoms with Crippen LogP contribution in [0.15, 0.2) is 36.5 Å². The van der Waals surface area contributed by atoms with Crippen LogP contribution >= 0.6 is 11.6 Å². The van der Waals surface area contributed by atoms with Gasteiger partial charge in [-0.05, 0) is 24.3 Å². The molecular formula is C20H24ClN3O5. The van der Waals surface area contributed by atoms with Crippen molar-refractivity contribution in [3.05, 3.63) is 53.1 Å². The second-order valence-corrected chi connectivity index (χ2v) is 6.61. The molecule has 156 valence electrons. The third kappa shape index (κ3) is 8.05. The van der Waals surface area contributed by atoms with Crippen molar-refractivity contribution in [3.63, 3.8) is 0 Å². The Bertz CT molecular complexity index is 818. The van der Waals surface area contributed by atoms with Crippen LogP contribution in [0.3, 0.4) is 0 Å². The summed E-state index contributed by atoms with van der Waals surface area (Å²) in [5.74, 6) is -0.403. The lowest BCUT2D eigenvalue weighted by molar-refractivity contribution is -0.147. The van der Waals surface area contributed by atoms with Crippen LogP contribution in [0.1, 0.15) is 24.2 Å². The van der Waals surface area contributed by atoms with E-state index in [2.05, 4.69) is 15.3 Å². The zero-order chi connectivity index (χ0) is 21.1. The lowest BCUT2D eigenvalue weighted by atomic mass is 10.1. The van der Waals surface area contributed by atoms with Crippen LogP contribution in [0.5, 0.6) is 5.75 Å². The number of aromatic nitrogens is 2. The van der Waals surface area contributed by atoms with Crippen LogP contribution in [0.4, 0.5) is 0 Å². The van der Waals surface area contributed by atoms with Gasteiger partial charge in [0.2, 0.25) is 0 Å². The number of hydrogen-bond donors (Lipinski definition) is 1. The van der Waals surface area contributed by atoms with Crippen LogP contribution in [0, 0.1) is 0 Å². The van der Waals surface area contributed by atoms with Crippen LogP contribution in [0.2, 0.25) is 5.15 Å². The van der Waals surface area contributed by atoms with E-state index in [1.165, 1.54) is 0 Å². The Hall–Kier alpha value is -2.71. The molecule has 1 N–H and O–H groups in total. The van der Waals surface area contributed by atoms with E-state index in [1.807, 2.05) is 13.0 Å². The SMILES string of the molecule is COCCOc1cccnc1C(C)CNC(=O)COC(=O)Cc1cccc(Cl)n1. The number of carbonyl (C=O) groups excluding carboxylic acids is 2. The summed E-state index contributed by atoms with van der Waals surface area (Å²) in [5, 5.41) is 3.02. The van der Waals surface area contributed by atoms with E-state index in [1.54, 1.807) is 37.6 Å². The van der Waals surface area contributed by atoms with E-state index >= 15 is 0 Å². The van der Waals surface area contributed by atoms with E-state index in [9.17, 15) is 9.59 Å². The summed E-state index contributed by atoms with van der Waals surface area (Å²) in [6, 6.07) is 8.57. The Kier molecular flexibility index (Phi) is 9.33. The van der Waals surface area contributed by atoms with E-state index < -0.39 is 11.9 Å². The van der Waals surface area contributed by atoms with Gasteiger partial charge < -0.3 is 19.5 Å². The number of esters is 1. The van der Waals surface area contributed by atoms with E-state index in [0.717, 1.165) is 5.69 Å². The Morgan fingerprint density at radius 3 is 2.79 bits per heavy atom. The summed E-state index contributed by atoms with van der Waals surface area (Å²) in [6.45, 7) is 2.75. The highest BCUT2D eigenvalue weighted by molar-refractivity contribution is 6.29. The monoisotopic (exact) mass is 421 g/mol. The minimum atomic E-state index is -0.554. The molecule has 0 saturated heterocycles. The minimum absolute atomic E-state index is 0.0552. The highest BCUT2D eigenvalue weighted by Crippen LogP contribution is 2.23. The van der Waals surface area contributed by atoms with Crippen LogP contribution in [0.25, 0.3) is 0 Å². The summed E-state index contributed by atoms with van der Waals surface area (Å²) >= 11 is 5.78. The average molecular weight is 422 g/mol. The van der Waals surface area contributed by atoms with E-state index in [-0.39, 0.29) is 18.9 Å². The van der Waals surface area contributed by atoms with Gasteiger partial charge in [0, 0.05) is 25.8 Å². The fraction of sp³-hybridized carbons (Fsp3) is 0.400. The predicted molar refractivity (Wildman–Crippen MR) is 107 cm³/mol. The molecule has 0 spiro atoms. The Morgan fingerprint density at radius 1 is 1.21 bits per heavy atom. The molecule has 2 aromatic heterocycles. The summed E-state index contributed by atoms with van der Waals surface area (Å²) in [7, 11) is 1.60. The molecule has 2 rings (SSSR count). The van der Waals surface area contributed by atoms with Crippen molar-refractivity contribution in [1.29, 1.82) is 0 Å². The van der Waals surface area contributed by atoms with Gasteiger partial charge >= 0.3 is 5.97 Å². The number of pyridine rings is 2. The highest BCUT2D eigenvalue weighted by atomic mass is 35.5. The maximum absolute atomic E-state index is 12.0. The van der Waals surface area contributed by atoms with E-state index in [0.29, 0.717) is 36.4 Å². The lowest BCUT2D eigenvalue weighted by Crippen LogP contribution is -2.32. The molecule has 1 amide bonds. The van der Waals surface area contributed by atoms with Crippen molar-refractivity contribution in [2.45, 2.75) is 19.3 Å². The second kappa shape index (κ2) is 12.0. The first kappa shape index (κ1) is 22.6. The number of halogens is 1. The molecule has 1 atom stereocenters. The molecule has 0 fully saturated rings. The largest absolute Gasteiger partial charge is 0.489 e. The number of hydrogen-bond acceptors (Lipinski definition) is 7. The first-order valence-corrected chi connectivity index (χ1v) is 9.47. The Labute approximate surface area is 174 Å². The minimum Gasteiger partial charge on any atom is -0.489 e. The molecule has 1 unspecified atom stereocenters. The first-order valence-electron chi connectivity index (χ1n) is 9.10. The number of ether oxygens (including phenoxy) is 3. The molecule has 0 bridgehead atoms. The number of rotatable bonds is 11. The molecule has 9 heteroatoms. The molecule has 0 aliphatic rings. The number of nitrogens with one attached hydrogen (secondary N) is 1. The quantitative estimate of drug-likeness (QED) is 0.337. The van der Waals surface area contributed by atoms with Crippen molar-refractivity contribution in [1.82, 2.24) is 15.3 Å². The summed E-state index contributed by atoms with van der Waals surface area (Å²) in [6.07, 6.45) is 1.61. The molecule has 2 aromatic rings. The molecule has 29 heavy (non-hydrogen) atoms. The smallest absolute Gasteiger partial charge is 0.312 e. The van der Waals surface area contributed by atoms with Gasteiger partial charge in [-0.15, -0.1) is 0 Å². The number of nitrogens with zero attached hydrogens (tertiary/aromatic N) is 2. The van der Waals surface area contributed by atoms with Crippen LogP contribution in [-0.4, -0.2) is 55.3 Å². The van der Waals surface area contributed by atoms with Gasteiger partial charge in [-0.3, -0.25) is 14.6 Å². The van der Waals surface area contributed by atoms with Crippen LogP contribution < -0.4 is 10.1 Å². The van der Waals surface area contributed by atoms with E-state index in [4.69, 9.17) is 25.8 Å². The third-order valence-electron chi connectivity index (χ3n) is 3.88. The summed E-state index contributed by atoms with van der Waals surface area (Å²) < 4.78 is 15.6. The Morgan fingerprint density at radius 2 is 2.03 bits per heavy atom. The molecule has 8 nitrogen and oxygen atoms in total. The maximum atomic E-state index is 12.0. The van der Waals surface area contributed by atoms with Gasteiger partial charge in [0.1, 0.15) is 17.5 Å². The van der Waals surface area contributed by atoms with Crippen molar-refractivity contribution in [3.8, 4) is 5.75 Å². The molecule has 0 radical (unpaired) electrons. The normalized spacial score (nSPS) is 11.6. The fourth-order valence-electron chi connectivity index (χ4n) is 2.44. The molecule has 0 aliphatic carbocycles. The van der Waals surface area contributed by atoms with Gasteiger partial charge in [-0.25, -0.2) is 4.98 Å². The number of carbonyl (C=O) groups is 2. The second-order valence-electron chi connectivity index (χ2n) is 6.22. The number of amides is 1. The van der Waals surface area contributed by atoms with Gasteiger partial charge in [-0.2, -0.15) is 0 Å². The zero-order valence-electron chi connectivity index (χ0n) is 16.4. The van der Waals surface area contributed by atoms with Gasteiger partial charge in [-0.1, -0.05) is 24.6 Å². The van der Waals surface area contributed by atoms with Crippen molar-refractivity contribution >= 4 is 23.5 Å². The predicted octanol–water partition coefficient (Wildman–Crippen LogP) is 2.16. The van der Waals surface area contributed by atoms with Gasteiger partial charge in [0.25, 0.3) is 5.91 Å². The molecular weight excluding hydrogens is 398 g/mol. The van der Waals surface area contributed by atoms with Crippen molar-refractivity contribution in [2.75, 3.05) is 33.5 Å². The van der Waals surface area contributed by atoms with Crippen LogP contribution in [-0.2, 0) is 25.5 Å². The Balaban J connectivity index is 1.76. The molecule has 0 saturated carbocycles. The molecule has 0 aliphatic heterocycles. The zero-order valence-corrected chi connectivity index (χ0v) is 17.1. The highest BCUT2D eigenvalue weighted by Gasteiger charge is 2.15. The van der Waals surface area contributed by atoms with Crippen molar-refractivity contribution in [2.24, 2.45) is 0 Å². The fourth-order valence-corrected chi connectivity index (χ4v) is 2.62. The standard InChI is InChI=1S/C20H24ClN3O5/c1-14(20-16(6-4-8-22-20)28-10-9-27-2)12-23-18(25)13-29-19(26)11-15-5-3-7-17(21)24-15/h3-8,14H,9-13H2,1-2H3,(H,23,25). The molecule has 2 heterocycles. The lowest BCUT2D eigenvalue weighted by Gasteiger charge is -2.16. The topological polar surface area (TPSA) is 99.6 Å². The van der Waals surface area contributed by atoms with Gasteiger partial charge in [0.05, 0.1) is 24.4 Å². The third-order valence-corrected chi connectivity index (χ3v) is 4.09. The first-order chi connectivity index (χ1) is 14.0. The summed E-state index contributed by atoms with van der Waals surface area (Å²) in [4.78, 5) is 32.2. The molecule has 0 aromatic carbocycles.